The smallest absolute Gasteiger partial charge is 0.307 e. The molecule has 0 aliphatic heterocycles. The highest BCUT2D eigenvalue weighted by Crippen LogP contribution is 2.25. The molecule has 0 saturated carbocycles. The number of ether oxygens (including phenoxy) is 1. The van der Waals surface area contributed by atoms with Crippen molar-refractivity contribution >= 4 is 24.1 Å². The largest absolute Gasteiger partial charge is 0.469 e. The van der Waals surface area contributed by atoms with Crippen LogP contribution in [0.25, 0.3) is 0 Å². The predicted octanol–water partition coefficient (Wildman–Crippen LogP) is 1.58. The molecule has 94 valence electrons. The van der Waals surface area contributed by atoms with Gasteiger partial charge in [0.1, 0.15) is 0 Å². The van der Waals surface area contributed by atoms with Crippen molar-refractivity contribution < 1.29 is 14.5 Å². The van der Waals surface area contributed by atoms with Gasteiger partial charge in [-0.2, -0.15) is 0 Å². The summed E-state index contributed by atoms with van der Waals surface area (Å²) in [6.45, 7) is 0. The van der Waals surface area contributed by atoms with Crippen molar-refractivity contribution in [3.63, 3.8) is 0 Å². The van der Waals surface area contributed by atoms with Gasteiger partial charge in [0.25, 0.3) is 5.69 Å². The molecule has 0 bridgehead atoms. The Bertz CT molecular complexity index is 411. The van der Waals surface area contributed by atoms with E-state index in [4.69, 9.17) is 5.73 Å². The summed E-state index contributed by atoms with van der Waals surface area (Å²) in [4.78, 5) is 21.2. The first-order valence-electron chi connectivity index (χ1n) is 4.62. The number of nitrogens with zero attached hydrogens (tertiary/aromatic N) is 1. The Morgan fingerprint density at radius 1 is 1.53 bits per heavy atom. The van der Waals surface area contributed by atoms with Crippen molar-refractivity contribution in [3.05, 3.63) is 39.9 Å². The third-order valence-corrected chi connectivity index (χ3v) is 2.15. The maximum absolute atomic E-state index is 11.0. The van der Waals surface area contributed by atoms with Crippen molar-refractivity contribution in [3.8, 4) is 0 Å². The molecule has 1 atom stereocenters. The first-order valence-corrected chi connectivity index (χ1v) is 4.62. The minimum Gasteiger partial charge on any atom is -0.469 e. The SMILES string of the molecule is COC(=O)C[C@H](N)c1ccccc1[N+](=O)[O-].Cl. The zero-order chi connectivity index (χ0) is 12.1. The normalized spacial score (nSPS) is 11.2. The molecule has 0 aliphatic carbocycles. The fourth-order valence-electron chi connectivity index (χ4n) is 1.34. The van der Waals surface area contributed by atoms with Crippen LogP contribution in [0.2, 0.25) is 0 Å². The monoisotopic (exact) mass is 260 g/mol. The number of carbonyl (C=O) groups is 1. The fraction of sp³-hybridized carbons (Fsp3) is 0.300. The minimum absolute atomic E-state index is 0. The van der Waals surface area contributed by atoms with Crippen LogP contribution in [-0.2, 0) is 9.53 Å². The molecule has 1 aromatic rings. The lowest BCUT2D eigenvalue weighted by molar-refractivity contribution is -0.385. The number of para-hydroxylation sites is 1. The van der Waals surface area contributed by atoms with Gasteiger partial charge in [0.15, 0.2) is 0 Å². The average molecular weight is 261 g/mol. The van der Waals surface area contributed by atoms with Crippen LogP contribution in [0.4, 0.5) is 5.69 Å². The molecule has 6 nitrogen and oxygen atoms in total. The first kappa shape index (κ1) is 15.3. The van der Waals surface area contributed by atoms with E-state index in [9.17, 15) is 14.9 Å². The molecule has 1 aromatic carbocycles. The third kappa shape index (κ3) is 4.01. The Hall–Kier alpha value is -1.66. The van der Waals surface area contributed by atoms with Crippen molar-refractivity contribution in [1.29, 1.82) is 0 Å². The second-order valence-electron chi connectivity index (χ2n) is 3.20. The maximum atomic E-state index is 11.0. The number of carbonyl (C=O) groups excluding carboxylic acids is 1. The van der Waals surface area contributed by atoms with Gasteiger partial charge >= 0.3 is 5.97 Å². The highest BCUT2D eigenvalue weighted by molar-refractivity contribution is 5.85. The first-order chi connectivity index (χ1) is 7.56. The summed E-state index contributed by atoms with van der Waals surface area (Å²) in [5.41, 5.74) is 5.95. The predicted molar refractivity (Wildman–Crippen MR) is 63.9 cm³/mol. The van der Waals surface area contributed by atoms with Gasteiger partial charge in [-0.05, 0) is 0 Å². The van der Waals surface area contributed by atoms with Crippen molar-refractivity contribution in [2.75, 3.05) is 7.11 Å². The van der Waals surface area contributed by atoms with E-state index in [1.54, 1.807) is 12.1 Å². The Morgan fingerprint density at radius 2 is 2.12 bits per heavy atom. The zero-order valence-electron chi connectivity index (χ0n) is 9.16. The highest BCUT2D eigenvalue weighted by atomic mass is 35.5. The van der Waals surface area contributed by atoms with E-state index in [0.29, 0.717) is 5.56 Å². The molecular weight excluding hydrogens is 248 g/mol. The number of nitrogens with two attached hydrogens (primary N) is 1. The Kier molecular flexibility index (Phi) is 6.16. The van der Waals surface area contributed by atoms with Crippen LogP contribution in [0.5, 0.6) is 0 Å². The Morgan fingerprint density at radius 3 is 2.65 bits per heavy atom. The minimum atomic E-state index is -0.728. The van der Waals surface area contributed by atoms with Gasteiger partial charge in [-0.3, -0.25) is 14.9 Å². The molecule has 0 amide bonds. The molecule has 7 heteroatoms. The van der Waals surface area contributed by atoms with Gasteiger partial charge in [0.2, 0.25) is 0 Å². The number of hydrogen-bond acceptors (Lipinski definition) is 5. The van der Waals surface area contributed by atoms with Gasteiger partial charge in [-0.25, -0.2) is 0 Å². The number of nitro groups is 1. The number of hydrogen-bond donors (Lipinski definition) is 1. The van der Waals surface area contributed by atoms with Crippen LogP contribution in [0.1, 0.15) is 18.0 Å². The van der Waals surface area contributed by atoms with Crippen molar-refractivity contribution in [1.82, 2.24) is 0 Å². The van der Waals surface area contributed by atoms with E-state index >= 15 is 0 Å². The maximum Gasteiger partial charge on any atom is 0.307 e. The molecule has 0 aliphatic rings. The lowest BCUT2D eigenvalue weighted by Crippen LogP contribution is -2.17. The van der Waals surface area contributed by atoms with E-state index in [1.807, 2.05) is 0 Å². The van der Waals surface area contributed by atoms with Crippen molar-refractivity contribution in [2.24, 2.45) is 5.73 Å². The summed E-state index contributed by atoms with van der Waals surface area (Å²) in [6.07, 6.45) is -0.0820. The van der Waals surface area contributed by atoms with E-state index in [-0.39, 0.29) is 24.5 Å². The molecule has 0 fully saturated rings. The van der Waals surface area contributed by atoms with Gasteiger partial charge in [0, 0.05) is 17.7 Å². The summed E-state index contributed by atoms with van der Waals surface area (Å²) in [6, 6.07) is 5.35. The van der Waals surface area contributed by atoms with Crippen LogP contribution >= 0.6 is 12.4 Å². The Balaban J connectivity index is 0.00000256. The van der Waals surface area contributed by atoms with E-state index in [1.165, 1.54) is 19.2 Å². The molecule has 0 heterocycles. The molecule has 0 spiro atoms. The molecule has 1 rings (SSSR count). The number of esters is 1. The van der Waals surface area contributed by atoms with Gasteiger partial charge in [-0.15, -0.1) is 12.4 Å². The second kappa shape index (κ2) is 6.82. The van der Waals surface area contributed by atoms with Gasteiger partial charge in [-0.1, -0.05) is 18.2 Å². The molecule has 0 aromatic heterocycles. The number of nitro benzene ring substituents is 1. The quantitative estimate of drug-likeness (QED) is 0.504. The second-order valence-corrected chi connectivity index (χ2v) is 3.20. The summed E-state index contributed by atoms with van der Waals surface area (Å²) in [7, 11) is 1.24. The standard InChI is InChI=1S/C10H12N2O4.ClH/c1-16-10(13)6-8(11)7-4-2-3-5-9(7)12(14)15;/h2-5,8H,6,11H2,1H3;1H/t8-;/m0./s1. The molecule has 2 N–H and O–H groups in total. The molecule has 0 radical (unpaired) electrons. The molecule has 0 saturated heterocycles. The fourth-order valence-corrected chi connectivity index (χ4v) is 1.34. The van der Waals surface area contributed by atoms with Crippen LogP contribution in [0.3, 0.4) is 0 Å². The van der Waals surface area contributed by atoms with E-state index in [0.717, 1.165) is 0 Å². The average Bonchev–Trinajstić information content (AvgIpc) is 2.28. The highest BCUT2D eigenvalue weighted by Gasteiger charge is 2.20. The zero-order valence-corrected chi connectivity index (χ0v) is 9.98. The number of rotatable bonds is 4. The van der Waals surface area contributed by atoms with Gasteiger partial charge in [0.05, 0.1) is 18.5 Å². The number of methoxy groups -OCH3 is 1. The molecule has 17 heavy (non-hydrogen) atoms. The Labute approximate surface area is 104 Å². The molecular formula is C10H13ClN2O4. The lowest BCUT2D eigenvalue weighted by Gasteiger charge is -2.10. The number of halogens is 1. The summed E-state index contributed by atoms with van der Waals surface area (Å²) in [5.74, 6) is -0.495. The van der Waals surface area contributed by atoms with E-state index < -0.39 is 16.9 Å². The summed E-state index contributed by atoms with van der Waals surface area (Å²) in [5, 5.41) is 10.7. The lowest BCUT2D eigenvalue weighted by atomic mass is 10.0. The molecule has 0 unspecified atom stereocenters. The van der Waals surface area contributed by atoms with Crippen molar-refractivity contribution in [2.45, 2.75) is 12.5 Å². The van der Waals surface area contributed by atoms with Gasteiger partial charge < -0.3 is 10.5 Å². The van der Waals surface area contributed by atoms with Crippen LogP contribution in [0, 0.1) is 10.1 Å². The van der Waals surface area contributed by atoms with E-state index in [2.05, 4.69) is 4.74 Å². The topological polar surface area (TPSA) is 95.5 Å². The number of benzene rings is 1. The van der Waals surface area contributed by atoms with Crippen LogP contribution in [-0.4, -0.2) is 18.0 Å². The summed E-state index contributed by atoms with van der Waals surface area (Å²) < 4.78 is 4.45. The third-order valence-electron chi connectivity index (χ3n) is 2.15. The summed E-state index contributed by atoms with van der Waals surface area (Å²) >= 11 is 0. The van der Waals surface area contributed by atoms with Crippen LogP contribution in [0.15, 0.2) is 24.3 Å². The van der Waals surface area contributed by atoms with Crippen LogP contribution < -0.4 is 5.73 Å².